The number of fused-ring (bicyclic) bond motifs is 1. The minimum Gasteiger partial charge on any atom is -0.508 e. The molecule has 8 nitrogen and oxygen atoms in total. The summed E-state index contributed by atoms with van der Waals surface area (Å²) in [5, 5.41) is 18.4. The van der Waals surface area contributed by atoms with Crippen molar-refractivity contribution in [3.63, 3.8) is 0 Å². The molecule has 2 aromatic heterocycles. The van der Waals surface area contributed by atoms with Crippen molar-refractivity contribution >= 4 is 22.4 Å². The number of rotatable bonds is 5. The fourth-order valence-corrected chi connectivity index (χ4v) is 4.40. The van der Waals surface area contributed by atoms with Gasteiger partial charge in [-0.3, -0.25) is 9.89 Å². The maximum absolute atomic E-state index is 11.8. The second-order valence-corrected chi connectivity index (χ2v) is 8.20. The van der Waals surface area contributed by atoms with E-state index in [0.717, 1.165) is 57.4 Å². The Labute approximate surface area is 191 Å². The van der Waals surface area contributed by atoms with Crippen molar-refractivity contribution in [1.82, 2.24) is 25.1 Å². The van der Waals surface area contributed by atoms with Crippen LogP contribution in [0.4, 0.5) is 0 Å². The molecule has 0 saturated carbocycles. The Balaban J connectivity index is 1.43. The van der Waals surface area contributed by atoms with Crippen molar-refractivity contribution in [2.75, 3.05) is 19.6 Å². The van der Waals surface area contributed by atoms with Crippen LogP contribution in [-0.4, -0.2) is 55.7 Å². The number of aryl methyl sites for hydroxylation is 1. The van der Waals surface area contributed by atoms with Gasteiger partial charge < -0.3 is 20.7 Å². The van der Waals surface area contributed by atoms with Gasteiger partial charge in [-0.15, -0.1) is 0 Å². The molecule has 5 N–H and O–H groups in total. The third-order valence-electron chi connectivity index (χ3n) is 6.23. The predicted molar refractivity (Wildman–Crippen MR) is 128 cm³/mol. The molecule has 1 aliphatic heterocycles. The molecule has 4 aromatic rings. The van der Waals surface area contributed by atoms with Gasteiger partial charge in [0.1, 0.15) is 11.4 Å². The molecule has 0 atom stereocenters. The smallest absolute Gasteiger partial charge is 0.236 e. The number of carbonyl (C=O) groups is 1. The van der Waals surface area contributed by atoms with Crippen molar-refractivity contribution < 1.29 is 9.90 Å². The van der Waals surface area contributed by atoms with Crippen molar-refractivity contribution in [2.45, 2.75) is 19.8 Å². The molecule has 0 unspecified atom stereocenters. The van der Waals surface area contributed by atoms with Gasteiger partial charge in [0.15, 0.2) is 5.82 Å². The Morgan fingerprint density at radius 3 is 2.88 bits per heavy atom. The summed E-state index contributed by atoms with van der Waals surface area (Å²) >= 11 is 0. The van der Waals surface area contributed by atoms with Crippen LogP contribution in [0, 0.1) is 0 Å². The molecule has 33 heavy (non-hydrogen) atoms. The van der Waals surface area contributed by atoms with Crippen LogP contribution in [0.3, 0.4) is 0 Å². The number of nitrogens with zero attached hydrogens (tertiary/aromatic N) is 3. The largest absolute Gasteiger partial charge is 0.508 e. The van der Waals surface area contributed by atoms with Gasteiger partial charge in [-0.2, -0.15) is 5.10 Å². The van der Waals surface area contributed by atoms with E-state index < -0.39 is 0 Å². The van der Waals surface area contributed by atoms with Crippen LogP contribution in [0.25, 0.3) is 39.1 Å². The first-order valence-electron chi connectivity index (χ1n) is 11.1. The SMILES string of the molecule is CCc1cc(O)ccc1-c1ccc2c(-c3ncc(C4=CCN(C(=O)CN)CC4)[nH]3)n[nH]c2c1. The molecule has 0 saturated heterocycles. The van der Waals surface area contributed by atoms with Crippen LogP contribution in [0.1, 0.15) is 24.6 Å². The van der Waals surface area contributed by atoms with E-state index in [4.69, 9.17) is 5.73 Å². The minimum atomic E-state index is -0.0312. The van der Waals surface area contributed by atoms with E-state index in [-0.39, 0.29) is 18.2 Å². The standard InChI is InChI=1S/C25H26N6O2/c1-2-15-11-18(32)4-6-19(15)17-3-5-20-21(12-17)29-30-24(20)25-27-14-22(28-25)16-7-9-31(10-8-16)23(33)13-26/h3-7,11-12,14,32H,2,8-10,13,26H2,1H3,(H,27,28)(H,29,30). The zero-order chi connectivity index (χ0) is 22.9. The second kappa shape index (κ2) is 8.55. The van der Waals surface area contributed by atoms with E-state index in [1.807, 2.05) is 30.5 Å². The summed E-state index contributed by atoms with van der Waals surface area (Å²) in [6.45, 7) is 3.33. The van der Waals surface area contributed by atoms with Gasteiger partial charge in [-0.1, -0.05) is 25.1 Å². The molecule has 0 bridgehead atoms. The first-order valence-corrected chi connectivity index (χ1v) is 11.1. The van der Waals surface area contributed by atoms with Crippen molar-refractivity contribution in [3.8, 4) is 28.4 Å². The number of H-pyrrole nitrogens is 2. The fourth-order valence-electron chi connectivity index (χ4n) is 4.40. The van der Waals surface area contributed by atoms with E-state index in [0.29, 0.717) is 18.9 Å². The van der Waals surface area contributed by atoms with Gasteiger partial charge in [-0.05, 0) is 59.4 Å². The second-order valence-electron chi connectivity index (χ2n) is 8.20. The maximum Gasteiger partial charge on any atom is 0.236 e. The number of hydrogen-bond acceptors (Lipinski definition) is 5. The fraction of sp³-hybridized carbons (Fsp3) is 0.240. The molecular formula is C25H26N6O2. The highest BCUT2D eigenvalue weighted by atomic mass is 16.3. The summed E-state index contributed by atoms with van der Waals surface area (Å²) in [5.41, 5.74) is 12.5. The topological polar surface area (TPSA) is 124 Å². The normalized spacial score (nSPS) is 14.0. The van der Waals surface area contributed by atoms with Crippen molar-refractivity contribution in [3.05, 3.63) is 59.9 Å². The quantitative estimate of drug-likeness (QED) is 0.377. The maximum atomic E-state index is 11.8. The van der Waals surface area contributed by atoms with Gasteiger partial charge in [-0.25, -0.2) is 4.98 Å². The summed E-state index contributed by atoms with van der Waals surface area (Å²) in [6.07, 6.45) is 5.45. The lowest BCUT2D eigenvalue weighted by atomic mass is 9.97. The Bertz CT molecular complexity index is 1370. The molecule has 1 aliphatic rings. The number of nitrogens with one attached hydrogen (secondary N) is 2. The number of imidazole rings is 1. The lowest BCUT2D eigenvalue weighted by molar-refractivity contribution is -0.129. The number of phenols is 1. The third-order valence-corrected chi connectivity index (χ3v) is 6.23. The molecule has 168 valence electrons. The van der Waals surface area contributed by atoms with Gasteiger partial charge >= 0.3 is 0 Å². The molecular weight excluding hydrogens is 416 g/mol. The predicted octanol–water partition coefficient (Wildman–Crippen LogP) is 3.46. The summed E-state index contributed by atoms with van der Waals surface area (Å²) in [4.78, 5) is 21.5. The Morgan fingerprint density at radius 2 is 2.12 bits per heavy atom. The Hall–Kier alpha value is -3.91. The first-order chi connectivity index (χ1) is 16.1. The van der Waals surface area contributed by atoms with E-state index in [1.165, 1.54) is 0 Å². The molecule has 0 fully saturated rings. The highest BCUT2D eigenvalue weighted by Gasteiger charge is 2.19. The number of aromatic nitrogens is 4. The molecule has 0 aliphatic carbocycles. The van der Waals surface area contributed by atoms with Crippen LogP contribution in [0.2, 0.25) is 0 Å². The number of carbonyl (C=O) groups excluding carboxylic acids is 1. The highest BCUT2D eigenvalue weighted by molar-refractivity contribution is 5.94. The zero-order valence-corrected chi connectivity index (χ0v) is 18.4. The monoisotopic (exact) mass is 442 g/mol. The molecule has 2 aromatic carbocycles. The number of phenolic OH excluding ortho intramolecular Hbond substituents is 1. The zero-order valence-electron chi connectivity index (χ0n) is 18.4. The summed E-state index contributed by atoms with van der Waals surface area (Å²) in [5.74, 6) is 0.946. The number of amides is 1. The lowest BCUT2D eigenvalue weighted by Crippen LogP contribution is -2.38. The Kier molecular flexibility index (Phi) is 5.43. The van der Waals surface area contributed by atoms with Crippen LogP contribution < -0.4 is 5.73 Å². The minimum absolute atomic E-state index is 0.0312. The van der Waals surface area contributed by atoms with Crippen molar-refractivity contribution in [2.24, 2.45) is 5.73 Å². The van der Waals surface area contributed by atoms with E-state index in [9.17, 15) is 9.90 Å². The lowest BCUT2D eigenvalue weighted by Gasteiger charge is -2.25. The van der Waals surface area contributed by atoms with Gasteiger partial charge in [0.2, 0.25) is 5.91 Å². The molecule has 0 radical (unpaired) electrons. The van der Waals surface area contributed by atoms with Crippen LogP contribution >= 0.6 is 0 Å². The van der Waals surface area contributed by atoms with Gasteiger partial charge in [0, 0.05) is 18.5 Å². The molecule has 8 heteroatoms. The molecule has 5 rings (SSSR count). The molecule has 0 spiro atoms. The average Bonchev–Trinajstić information content (AvgIpc) is 3.50. The van der Waals surface area contributed by atoms with Crippen LogP contribution in [0.15, 0.2) is 48.7 Å². The Morgan fingerprint density at radius 1 is 1.24 bits per heavy atom. The third kappa shape index (κ3) is 3.89. The van der Waals surface area contributed by atoms with Crippen LogP contribution in [0.5, 0.6) is 5.75 Å². The number of aromatic amines is 2. The number of aromatic hydroxyl groups is 1. The number of benzene rings is 2. The number of nitrogens with two attached hydrogens (primary N) is 1. The number of hydrogen-bond donors (Lipinski definition) is 4. The van der Waals surface area contributed by atoms with E-state index in [2.05, 4.69) is 39.2 Å². The van der Waals surface area contributed by atoms with E-state index >= 15 is 0 Å². The molecule has 3 heterocycles. The van der Waals surface area contributed by atoms with Gasteiger partial charge in [0.25, 0.3) is 0 Å². The first kappa shape index (κ1) is 21.0. The van der Waals surface area contributed by atoms with E-state index in [1.54, 1.807) is 11.0 Å². The highest BCUT2D eigenvalue weighted by Crippen LogP contribution is 2.32. The van der Waals surface area contributed by atoms with Crippen LogP contribution in [-0.2, 0) is 11.2 Å². The van der Waals surface area contributed by atoms with Gasteiger partial charge in [0.05, 0.1) is 24.0 Å². The summed E-state index contributed by atoms with van der Waals surface area (Å²) in [7, 11) is 0. The summed E-state index contributed by atoms with van der Waals surface area (Å²) < 4.78 is 0. The summed E-state index contributed by atoms with van der Waals surface area (Å²) in [6, 6.07) is 11.7. The average molecular weight is 443 g/mol. The van der Waals surface area contributed by atoms with Crippen molar-refractivity contribution in [1.29, 1.82) is 0 Å². The molecule has 1 amide bonds.